The van der Waals surface area contributed by atoms with Crippen molar-refractivity contribution in [2.45, 2.75) is 25.9 Å². The fraction of sp³-hybridized carbons (Fsp3) is 0.316. The van der Waals surface area contributed by atoms with E-state index in [1.165, 1.54) is 0 Å². The molecular formula is C19H24N2O2. The third-order valence-corrected chi connectivity index (χ3v) is 4.04. The van der Waals surface area contributed by atoms with Gasteiger partial charge in [0.1, 0.15) is 11.3 Å². The van der Waals surface area contributed by atoms with E-state index in [1.54, 1.807) is 26.0 Å². The van der Waals surface area contributed by atoms with Gasteiger partial charge < -0.3 is 15.4 Å². The van der Waals surface area contributed by atoms with Crippen LogP contribution >= 0.6 is 0 Å². The zero-order chi connectivity index (χ0) is 17.0. The van der Waals surface area contributed by atoms with Crippen LogP contribution in [0.5, 0.6) is 5.75 Å². The van der Waals surface area contributed by atoms with Gasteiger partial charge in [0, 0.05) is 13.6 Å². The number of rotatable bonds is 5. The van der Waals surface area contributed by atoms with Gasteiger partial charge in [-0.25, -0.2) is 0 Å². The van der Waals surface area contributed by atoms with Crippen LogP contribution in [0.1, 0.15) is 23.6 Å². The average Bonchev–Trinajstić information content (AvgIpc) is 2.55. The van der Waals surface area contributed by atoms with Crippen molar-refractivity contribution in [1.29, 1.82) is 0 Å². The summed E-state index contributed by atoms with van der Waals surface area (Å²) in [5.41, 5.74) is 8.15. The minimum atomic E-state index is -1.04. The lowest BCUT2D eigenvalue weighted by atomic mass is 9.91. The number of nitrogens with two attached hydrogens (primary N) is 1. The minimum Gasteiger partial charge on any atom is -0.496 e. The van der Waals surface area contributed by atoms with Crippen LogP contribution in [0, 0.1) is 6.92 Å². The Morgan fingerprint density at radius 1 is 1.22 bits per heavy atom. The third kappa shape index (κ3) is 3.71. The standard InChI is InChI=1S/C19H24N2O2/c1-14-12-15(10-11-17(14)23-4)13-21(3)18(22)19(2,20)16-8-6-5-7-9-16/h5-12H,13,20H2,1-4H3. The number of aryl methyl sites for hydroxylation is 1. The van der Waals surface area contributed by atoms with E-state index in [1.807, 2.05) is 55.5 Å². The van der Waals surface area contributed by atoms with E-state index in [-0.39, 0.29) is 5.91 Å². The molecule has 1 unspecified atom stereocenters. The summed E-state index contributed by atoms with van der Waals surface area (Å²) in [5.74, 6) is 0.729. The molecule has 122 valence electrons. The summed E-state index contributed by atoms with van der Waals surface area (Å²) in [4.78, 5) is 14.4. The summed E-state index contributed by atoms with van der Waals surface area (Å²) < 4.78 is 5.26. The highest BCUT2D eigenvalue weighted by atomic mass is 16.5. The Kier molecular flexibility index (Phi) is 5.06. The van der Waals surface area contributed by atoms with Crippen molar-refractivity contribution in [3.63, 3.8) is 0 Å². The molecule has 0 saturated carbocycles. The summed E-state index contributed by atoms with van der Waals surface area (Å²) in [6, 6.07) is 15.4. The van der Waals surface area contributed by atoms with Crippen LogP contribution in [-0.2, 0) is 16.9 Å². The third-order valence-electron chi connectivity index (χ3n) is 4.04. The van der Waals surface area contributed by atoms with Crippen molar-refractivity contribution in [2.24, 2.45) is 5.73 Å². The molecule has 1 amide bonds. The van der Waals surface area contributed by atoms with E-state index in [4.69, 9.17) is 10.5 Å². The van der Waals surface area contributed by atoms with Gasteiger partial charge in [0.05, 0.1) is 7.11 Å². The second-order valence-corrected chi connectivity index (χ2v) is 6.03. The normalized spacial score (nSPS) is 13.3. The molecule has 23 heavy (non-hydrogen) atoms. The van der Waals surface area contributed by atoms with Crippen LogP contribution in [0.25, 0.3) is 0 Å². The SMILES string of the molecule is COc1ccc(CN(C)C(=O)C(C)(N)c2ccccc2)cc1C. The van der Waals surface area contributed by atoms with Gasteiger partial charge in [-0.3, -0.25) is 4.79 Å². The highest BCUT2D eigenvalue weighted by Crippen LogP contribution is 2.22. The predicted octanol–water partition coefficient (Wildman–Crippen LogP) is 2.84. The molecule has 0 heterocycles. The van der Waals surface area contributed by atoms with Crippen LogP contribution < -0.4 is 10.5 Å². The topological polar surface area (TPSA) is 55.6 Å². The summed E-state index contributed by atoms with van der Waals surface area (Å²) in [5, 5.41) is 0. The summed E-state index contributed by atoms with van der Waals surface area (Å²) >= 11 is 0. The molecule has 0 aromatic heterocycles. The molecule has 0 aliphatic rings. The second-order valence-electron chi connectivity index (χ2n) is 6.03. The first-order valence-electron chi connectivity index (χ1n) is 7.59. The maximum atomic E-state index is 12.8. The number of ether oxygens (including phenoxy) is 1. The molecule has 4 nitrogen and oxygen atoms in total. The number of hydrogen-bond donors (Lipinski definition) is 1. The van der Waals surface area contributed by atoms with Crippen LogP contribution in [-0.4, -0.2) is 25.0 Å². The van der Waals surface area contributed by atoms with Gasteiger partial charge in [0.25, 0.3) is 0 Å². The molecule has 0 radical (unpaired) electrons. The maximum Gasteiger partial charge on any atom is 0.247 e. The number of nitrogens with zero attached hydrogens (tertiary/aromatic N) is 1. The van der Waals surface area contributed by atoms with Crippen molar-refractivity contribution in [3.8, 4) is 5.75 Å². The molecule has 0 aliphatic carbocycles. The van der Waals surface area contributed by atoms with Gasteiger partial charge in [0.15, 0.2) is 0 Å². The lowest BCUT2D eigenvalue weighted by Gasteiger charge is -2.30. The Hall–Kier alpha value is -2.33. The number of methoxy groups -OCH3 is 1. The molecule has 0 bridgehead atoms. The molecule has 2 aromatic rings. The molecule has 0 fully saturated rings. The molecule has 2 aromatic carbocycles. The Labute approximate surface area is 137 Å². The fourth-order valence-electron chi connectivity index (χ4n) is 2.69. The molecular weight excluding hydrogens is 288 g/mol. The first-order chi connectivity index (χ1) is 10.9. The fourth-order valence-corrected chi connectivity index (χ4v) is 2.69. The quantitative estimate of drug-likeness (QED) is 0.923. The van der Waals surface area contributed by atoms with E-state index in [2.05, 4.69) is 0 Å². The number of carbonyl (C=O) groups is 1. The maximum absolute atomic E-state index is 12.8. The molecule has 4 heteroatoms. The van der Waals surface area contributed by atoms with Gasteiger partial charge in [-0.15, -0.1) is 0 Å². The van der Waals surface area contributed by atoms with Crippen LogP contribution in [0.3, 0.4) is 0 Å². The van der Waals surface area contributed by atoms with Crippen molar-refractivity contribution in [2.75, 3.05) is 14.2 Å². The first-order valence-corrected chi connectivity index (χ1v) is 7.59. The van der Waals surface area contributed by atoms with Crippen molar-refractivity contribution in [1.82, 2.24) is 4.90 Å². The average molecular weight is 312 g/mol. The number of carbonyl (C=O) groups excluding carboxylic acids is 1. The molecule has 2 N–H and O–H groups in total. The molecule has 1 atom stereocenters. The molecule has 0 saturated heterocycles. The number of benzene rings is 2. The Balaban J connectivity index is 2.15. The zero-order valence-electron chi connectivity index (χ0n) is 14.2. The highest BCUT2D eigenvalue weighted by molar-refractivity contribution is 5.86. The Morgan fingerprint density at radius 3 is 2.43 bits per heavy atom. The molecule has 0 aliphatic heterocycles. The molecule has 2 rings (SSSR count). The first kappa shape index (κ1) is 17.0. The van der Waals surface area contributed by atoms with Gasteiger partial charge in [-0.1, -0.05) is 42.5 Å². The van der Waals surface area contributed by atoms with Crippen LogP contribution in [0.2, 0.25) is 0 Å². The Morgan fingerprint density at radius 2 is 1.87 bits per heavy atom. The van der Waals surface area contributed by atoms with Crippen LogP contribution in [0.15, 0.2) is 48.5 Å². The zero-order valence-corrected chi connectivity index (χ0v) is 14.2. The van der Waals surface area contributed by atoms with Gasteiger partial charge in [0.2, 0.25) is 5.91 Å². The number of likely N-dealkylation sites (N-methyl/N-ethyl adjacent to an activating group) is 1. The summed E-state index contributed by atoms with van der Waals surface area (Å²) in [7, 11) is 3.42. The van der Waals surface area contributed by atoms with E-state index in [0.717, 1.165) is 22.4 Å². The molecule has 0 spiro atoms. The lowest BCUT2D eigenvalue weighted by Crippen LogP contribution is -2.49. The van der Waals surface area contributed by atoms with Crippen molar-refractivity contribution < 1.29 is 9.53 Å². The van der Waals surface area contributed by atoms with E-state index in [0.29, 0.717) is 6.54 Å². The van der Waals surface area contributed by atoms with Crippen molar-refractivity contribution in [3.05, 3.63) is 65.2 Å². The van der Waals surface area contributed by atoms with Crippen molar-refractivity contribution >= 4 is 5.91 Å². The van der Waals surface area contributed by atoms with E-state index < -0.39 is 5.54 Å². The van der Waals surface area contributed by atoms with Gasteiger partial charge in [-0.2, -0.15) is 0 Å². The predicted molar refractivity (Wildman–Crippen MR) is 92.2 cm³/mol. The summed E-state index contributed by atoms with van der Waals surface area (Å²) in [6.07, 6.45) is 0. The van der Waals surface area contributed by atoms with E-state index >= 15 is 0 Å². The second kappa shape index (κ2) is 6.84. The van der Waals surface area contributed by atoms with Gasteiger partial charge in [-0.05, 0) is 36.6 Å². The smallest absolute Gasteiger partial charge is 0.247 e. The largest absolute Gasteiger partial charge is 0.496 e. The highest BCUT2D eigenvalue weighted by Gasteiger charge is 2.32. The minimum absolute atomic E-state index is 0.114. The summed E-state index contributed by atoms with van der Waals surface area (Å²) in [6.45, 7) is 4.24. The Bertz CT molecular complexity index is 681. The lowest BCUT2D eigenvalue weighted by molar-refractivity contribution is -0.136. The monoisotopic (exact) mass is 312 g/mol. The van der Waals surface area contributed by atoms with Crippen LogP contribution in [0.4, 0.5) is 0 Å². The van der Waals surface area contributed by atoms with E-state index in [9.17, 15) is 4.79 Å². The number of amides is 1. The number of hydrogen-bond acceptors (Lipinski definition) is 3. The van der Waals surface area contributed by atoms with Gasteiger partial charge >= 0.3 is 0 Å².